The summed E-state index contributed by atoms with van der Waals surface area (Å²) in [7, 11) is 0. The Kier molecular flexibility index (Phi) is 8.51. The molecule has 5 rings (SSSR count). The number of benzene rings is 2. The molecule has 1 aliphatic carbocycles. The highest BCUT2D eigenvalue weighted by molar-refractivity contribution is 7.97. The summed E-state index contributed by atoms with van der Waals surface area (Å²) in [5.74, 6) is 0.709. The van der Waals surface area contributed by atoms with Gasteiger partial charge in [0.15, 0.2) is 0 Å². The van der Waals surface area contributed by atoms with Crippen molar-refractivity contribution in [3.05, 3.63) is 53.7 Å². The van der Waals surface area contributed by atoms with Crippen LogP contribution in [-0.4, -0.2) is 35.3 Å². The Bertz CT molecular complexity index is 1260. The summed E-state index contributed by atoms with van der Waals surface area (Å²) in [6, 6.07) is 15.5. The van der Waals surface area contributed by atoms with Gasteiger partial charge in [-0.15, -0.1) is 0 Å². The van der Waals surface area contributed by atoms with Gasteiger partial charge in [0.2, 0.25) is 0 Å². The van der Waals surface area contributed by atoms with E-state index in [1.165, 1.54) is 53.3 Å². The zero-order valence-corrected chi connectivity index (χ0v) is 24.3. The number of nitrogens with zero attached hydrogens (tertiary/aromatic N) is 1. The second kappa shape index (κ2) is 11.8. The van der Waals surface area contributed by atoms with Crippen molar-refractivity contribution in [3.8, 4) is 11.3 Å². The molecule has 0 bridgehead atoms. The zero-order valence-electron chi connectivity index (χ0n) is 23.4. The van der Waals surface area contributed by atoms with Crippen LogP contribution in [0.5, 0.6) is 0 Å². The lowest BCUT2D eigenvalue weighted by Gasteiger charge is -2.25. The SMILES string of the molecule is Cc1c(C(=O)NC2CCOCC2)cc(-c2ccc(SNC(C)(C)C)c3ccccc23)n1CC1CCCCC1. The van der Waals surface area contributed by atoms with E-state index in [4.69, 9.17) is 4.74 Å². The van der Waals surface area contributed by atoms with Gasteiger partial charge in [-0.3, -0.25) is 9.52 Å². The quantitative estimate of drug-likeness (QED) is 0.309. The van der Waals surface area contributed by atoms with Crippen molar-refractivity contribution >= 4 is 28.6 Å². The molecular weight excluding hydrogens is 490 g/mol. The fourth-order valence-corrected chi connectivity index (χ4v) is 6.70. The average molecular weight is 534 g/mol. The molecule has 1 aromatic heterocycles. The second-order valence-electron chi connectivity index (χ2n) is 12.1. The predicted molar refractivity (Wildman–Crippen MR) is 159 cm³/mol. The smallest absolute Gasteiger partial charge is 0.253 e. The monoisotopic (exact) mass is 533 g/mol. The number of nitrogens with one attached hydrogen (secondary N) is 2. The number of carbonyl (C=O) groups excluding carboxylic acids is 1. The third-order valence-electron chi connectivity index (χ3n) is 7.96. The molecule has 1 aliphatic heterocycles. The minimum absolute atomic E-state index is 0.0168. The van der Waals surface area contributed by atoms with Crippen LogP contribution in [0.3, 0.4) is 0 Å². The van der Waals surface area contributed by atoms with Gasteiger partial charge in [0, 0.05) is 53.2 Å². The Morgan fingerprint density at radius 1 is 1.00 bits per heavy atom. The van der Waals surface area contributed by atoms with Crippen LogP contribution in [0.2, 0.25) is 0 Å². The lowest BCUT2D eigenvalue weighted by Crippen LogP contribution is -2.39. The molecule has 6 heteroatoms. The molecule has 2 aromatic carbocycles. The van der Waals surface area contributed by atoms with Crippen LogP contribution in [0, 0.1) is 12.8 Å². The first-order valence-electron chi connectivity index (χ1n) is 14.3. The maximum atomic E-state index is 13.5. The number of rotatable bonds is 7. The Morgan fingerprint density at radius 3 is 2.42 bits per heavy atom. The van der Waals surface area contributed by atoms with E-state index in [-0.39, 0.29) is 17.5 Å². The van der Waals surface area contributed by atoms with Gasteiger partial charge in [-0.05, 0) is 94.1 Å². The number of ether oxygens (including phenoxy) is 1. The summed E-state index contributed by atoms with van der Waals surface area (Å²) in [6.07, 6.45) is 8.28. The van der Waals surface area contributed by atoms with E-state index in [1.807, 2.05) is 0 Å². The van der Waals surface area contributed by atoms with Crippen molar-refractivity contribution in [3.63, 3.8) is 0 Å². The van der Waals surface area contributed by atoms with Crippen LogP contribution in [0.1, 0.15) is 81.8 Å². The maximum absolute atomic E-state index is 13.5. The molecule has 38 heavy (non-hydrogen) atoms. The number of aromatic nitrogens is 1. The van der Waals surface area contributed by atoms with E-state index < -0.39 is 0 Å². The van der Waals surface area contributed by atoms with Crippen molar-refractivity contribution in [2.24, 2.45) is 5.92 Å². The molecule has 204 valence electrons. The van der Waals surface area contributed by atoms with Gasteiger partial charge in [0.05, 0.1) is 5.56 Å². The first-order valence-corrected chi connectivity index (χ1v) is 15.2. The van der Waals surface area contributed by atoms with Crippen LogP contribution < -0.4 is 10.0 Å². The van der Waals surface area contributed by atoms with Crippen LogP contribution in [0.4, 0.5) is 0 Å². The summed E-state index contributed by atoms with van der Waals surface area (Å²) in [4.78, 5) is 14.8. The van der Waals surface area contributed by atoms with Crippen LogP contribution in [-0.2, 0) is 11.3 Å². The van der Waals surface area contributed by atoms with Crippen LogP contribution in [0.15, 0.2) is 47.4 Å². The third-order valence-corrected chi connectivity index (χ3v) is 9.25. The van der Waals surface area contributed by atoms with Gasteiger partial charge < -0.3 is 14.6 Å². The first kappa shape index (κ1) is 27.3. The van der Waals surface area contributed by atoms with Gasteiger partial charge in [-0.1, -0.05) is 49.6 Å². The molecule has 5 nitrogen and oxygen atoms in total. The fraction of sp³-hybridized carbons (Fsp3) is 0.531. The number of carbonyl (C=O) groups is 1. The molecule has 0 spiro atoms. The Labute approximate surface area is 232 Å². The van der Waals surface area contributed by atoms with Crippen molar-refractivity contribution in [2.45, 2.75) is 95.7 Å². The Balaban J connectivity index is 1.55. The van der Waals surface area contributed by atoms with Gasteiger partial charge in [-0.2, -0.15) is 0 Å². The summed E-state index contributed by atoms with van der Waals surface area (Å²) >= 11 is 1.69. The highest BCUT2D eigenvalue weighted by Gasteiger charge is 2.25. The van der Waals surface area contributed by atoms with E-state index in [1.54, 1.807) is 11.9 Å². The van der Waals surface area contributed by atoms with Gasteiger partial charge in [-0.25, -0.2) is 0 Å². The van der Waals surface area contributed by atoms with Crippen LogP contribution in [0.25, 0.3) is 22.0 Å². The molecule has 2 fully saturated rings. The molecule has 1 saturated heterocycles. The highest BCUT2D eigenvalue weighted by Crippen LogP contribution is 2.38. The van der Waals surface area contributed by atoms with Crippen molar-refractivity contribution in [1.29, 1.82) is 0 Å². The molecule has 2 heterocycles. The lowest BCUT2D eigenvalue weighted by molar-refractivity contribution is 0.0696. The molecule has 0 atom stereocenters. The van der Waals surface area contributed by atoms with E-state index in [9.17, 15) is 4.79 Å². The molecule has 0 radical (unpaired) electrons. The minimum Gasteiger partial charge on any atom is -0.381 e. The first-order chi connectivity index (χ1) is 18.3. The zero-order chi connectivity index (χ0) is 26.7. The normalized spacial score (nSPS) is 17.7. The number of fused-ring (bicyclic) bond motifs is 1. The maximum Gasteiger partial charge on any atom is 0.253 e. The number of hydrogen-bond donors (Lipinski definition) is 2. The fourth-order valence-electron chi connectivity index (χ4n) is 5.86. The summed E-state index contributed by atoms with van der Waals surface area (Å²) in [6.45, 7) is 11.1. The largest absolute Gasteiger partial charge is 0.381 e. The van der Waals surface area contributed by atoms with E-state index >= 15 is 0 Å². The van der Waals surface area contributed by atoms with Crippen LogP contribution >= 0.6 is 11.9 Å². The van der Waals surface area contributed by atoms with Gasteiger partial charge >= 0.3 is 0 Å². The summed E-state index contributed by atoms with van der Waals surface area (Å²) in [5, 5.41) is 5.77. The standard InChI is InChI=1S/C32H43N3O2S/c1-22-28(31(36)33-24-16-18-37-19-17-24)20-29(35(22)21-23-10-6-5-7-11-23)26-14-15-30(38-34-32(2,3)4)27-13-9-8-12-25(26)27/h8-9,12-15,20,23-24,34H,5-7,10-11,16-19,21H2,1-4H3,(H,33,36). The lowest BCUT2D eigenvalue weighted by atomic mass is 9.89. The molecule has 2 aliphatic rings. The van der Waals surface area contributed by atoms with Crippen molar-refractivity contribution in [2.75, 3.05) is 13.2 Å². The number of amides is 1. The van der Waals surface area contributed by atoms with Gasteiger partial charge in [0.25, 0.3) is 5.91 Å². The molecule has 1 saturated carbocycles. The van der Waals surface area contributed by atoms with E-state index in [0.717, 1.165) is 49.6 Å². The van der Waals surface area contributed by atoms with Crippen molar-refractivity contribution < 1.29 is 9.53 Å². The molecule has 0 unspecified atom stereocenters. The topological polar surface area (TPSA) is 55.3 Å². The Morgan fingerprint density at radius 2 is 1.71 bits per heavy atom. The minimum atomic E-state index is 0.0168. The van der Waals surface area contributed by atoms with Crippen molar-refractivity contribution in [1.82, 2.24) is 14.6 Å². The highest BCUT2D eigenvalue weighted by atomic mass is 32.2. The summed E-state index contributed by atoms with van der Waals surface area (Å²) < 4.78 is 11.5. The second-order valence-corrected chi connectivity index (χ2v) is 13.0. The molecule has 3 aromatic rings. The molecule has 1 amide bonds. The number of hydrogen-bond acceptors (Lipinski definition) is 4. The average Bonchev–Trinajstić information content (AvgIpc) is 3.23. The molecular formula is C32H43N3O2S. The summed E-state index contributed by atoms with van der Waals surface area (Å²) in [5.41, 5.74) is 4.25. The van der Waals surface area contributed by atoms with E-state index in [2.05, 4.69) is 84.8 Å². The van der Waals surface area contributed by atoms with E-state index in [0.29, 0.717) is 5.92 Å². The van der Waals surface area contributed by atoms with Gasteiger partial charge in [0.1, 0.15) is 0 Å². The molecule has 2 N–H and O–H groups in total. The Hall–Kier alpha value is -2.28. The predicted octanol–water partition coefficient (Wildman–Crippen LogP) is 7.50. The third kappa shape index (κ3) is 6.30.